The van der Waals surface area contributed by atoms with Crippen LogP contribution in [0, 0.1) is 11.8 Å². The number of rotatable bonds is 7. The average Bonchev–Trinajstić information content (AvgIpc) is 3.24. The molecule has 2 aromatic rings. The van der Waals surface area contributed by atoms with Gasteiger partial charge in [0.25, 0.3) is 0 Å². The molecule has 0 bridgehead atoms. The van der Waals surface area contributed by atoms with Gasteiger partial charge in [0, 0.05) is 30.1 Å². The molecule has 4 rings (SSSR count). The smallest absolute Gasteiger partial charge is 0.346 e. The van der Waals surface area contributed by atoms with Crippen LogP contribution >= 0.6 is 11.3 Å². The third-order valence-electron chi connectivity index (χ3n) is 6.92. The summed E-state index contributed by atoms with van der Waals surface area (Å²) in [5.74, 6) is -0.450. The average molecular weight is 454 g/mol. The molecule has 6 heteroatoms. The second-order valence-corrected chi connectivity index (χ2v) is 10.2. The number of hydrogen-bond donors (Lipinski definition) is 2. The molecule has 0 amide bonds. The first-order valence-corrected chi connectivity index (χ1v) is 12.3. The Labute approximate surface area is 193 Å². The zero-order valence-electron chi connectivity index (χ0n) is 18.5. The summed E-state index contributed by atoms with van der Waals surface area (Å²) in [5.41, 5.74) is 4.44. The second kappa shape index (κ2) is 10.0. The van der Waals surface area contributed by atoms with Gasteiger partial charge in [-0.15, -0.1) is 11.3 Å². The normalized spacial score (nSPS) is 22.2. The molecule has 1 aromatic heterocycles. The van der Waals surface area contributed by atoms with Gasteiger partial charge in [-0.25, -0.2) is 4.79 Å². The molecular weight excluding hydrogens is 422 g/mol. The molecule has 1 fully saturated rings. The predicted molar refractivity (Wildman–Crippen MR) is 128 cm³/mol. The fourth-order valence-corrected chi connectivity index (χ4v) is 6.13. The van der Waals surface area contributed by atoms with Crippen molar-refractivity contribution >= 4 is 28.8 Å². The summed E-state index contributed by atoms with van der Waals surface area (Å²) in [7, 11) is 0. The lowest BCUT2D eigenvalue weighted by Crippen LogP contribution is -2.36. The third kappa shape index (κ3) is 5.13. The van der Waals surface area contributed by atoms with Crippen molar-refractivity contribution in [3.05, 3.63) is 52.4 Å². The molecular formula is C26H31NO4S. The SMILES string of the molecule is CC1CCC(C2=C(c3cc(-c4ccccc4)sc3C(=O)O)CCN(CCC(=O)O)C2)CC1. The monoisotopic (exact) mass is 453 g/mol. The molecule has 1 aliphatic heterocycles. The van der Waals surface area contributed by atoms with Crippen molar-refractivity contribution < 1.29 is 19.8 Å². The van der Waals surface area contributed by atoms with E-state index < -0.39 is 11.9 Å². The summed E-state index contributed by atoms with van der Waals surface area (Å²) in [6.45, 7) is 4.36. The molecule has 32 heavy (non-hydrogen) atoms. The first-order chi connectivity index (χ1) is 15.4. The van der Waals surface area contributed by atoms with Crippen molar-refractivity contribution in [3.63, 3.8) is 0 Å². The van der Waals surface area contributed by atoms with Crippen LogP contribution in [0.5, 0.6) is 0 Å². The fourth-order valence-electron chi connectivity index (χ4n) is 5.10. The van der Waals surface area contributed by atoms with Gasteiger partial charge in [0.2, 0.25) is 0 Å². The van der Waals surface area contributed by atoms with Crippen LogP contribution in [0.1, 0.15) is 60.7 Å². The van der Waals surface area contributed by atoms with Gasteiger partial charge >= 0.3 is 11.9 Å². The Bertz CT molecular complexity index is 1000. The highest BCUT2D eigenvalue weighted by Gasteiger charge is 2.31. The summed E-state index contributed by atoms with van der Waals surface area (Å²) in [4.78, 5) is 26.9. The zero-order chi connectivity index (χ0) is 22.7. The van der Waals surface area contributed by atoms with E-state index in [1.807, 2.05) is 30.3 Å². The minimum absolute atomic E-state index is 0.140. The Hall–Kier alpha value is -2.44. The number of hydrogen-bond acceptors (Lipinski definition) is 4. The number of benzene rings is 1. The predicted octanol–water partition coefficient (Wildman–Crippen LogP) is 5.87. The minimum Gasteiger partial charge on any atom is -0.481 e. The van der Waals surface area contributed by atoms with E-state index in [-0.39, 0.29) is 6.42 Å². The molecule has 0 atom stereocenters. The molecule has 1 aromatic carbocycles. The first-order valence-electron chi connectivity index (χ1n) is 11.5. The maximum atomic E-state index is 12.2. The highest BCUT2D eigenvalue weighted by molar-refractivity contribution is 7.17. The topological polar surface area (TPSA) is 77.8 Å². The van der Waals surface area contributed by atoms with Gasteiger partial charge in [-0.3, -0.25) is 9.69 Å². The Balaban J connectivity index is 1.73. The third-order valence-corrected chi connectivity index (χ3v) is 8.09. The van der Waals surface area contributed by atoms with Crippen molar-refractivity contribution in [2.75, 3.05) is 19.6 Å². The molecule has 2 N–H and O–H groups in total. The lowest BCUT2D eigenvalue weighted by Gasteiger charge is -2.37. The van der Waals surface area contributed by atoms with Gasteiger partial charge in [-0.05, 0) is 53.9 Å². The Morgan fingerprint density at radius 1 is 1.09 bits per heavy atom. The lowest BCUT2D eigenvalue weighted by atomic mass is 9.75. The molecule has 2 aliphatic rings. The molecule has 170 valence electrons. The maximum Gasteiger partial charge on any atom is 0.346 e. The van der Waals surface area contributed by atoms with Crippen molar-refractivity contribution in [2.45, 2.75) is 45.4 Å². The van der Waals surface area contributed by atoms with E-state index >= 15 is 0 Å². The summed E-state index contributed by atoms with van der Waals surface area (Å²) in [5, 5.41) is 19.1. The van der Waals surface area contributed by atoms with Gasteiger partial charge in [-0.1, -0.05) is 50.1 Å². The largest absolute Gasteiger partial charge is 0.481 e. The summed E-state index contributed by atoms with van der Waals surface area (Å²) >= 11 is 1.35. The Kier molecular flexibility index (Phi) is 7.11. The van der Waals surface area contributed by atoms with E-state index in [9.17, 15) is 14.7 Å². The number of carboxylic acid groups (broad SMARTS) is 2. The molecule has 0 spiro atoms. The fraction of sp³-hybridized carbons (Fsp3) is 0.462. The van der Waals surface area contributed by atoms with Crippen LogP contribution in [0.2, 0.25) is 0 Å². The van der Waals surface area contributed by atoms with Crippen LogP contribution in [-0.2, 0) is 4.79 Å². The molecule has 2 heterocycles. The van der Waals surface area contributed by atoms with Crippen molar-refractivity contribution in [2.24, 2.45) is 11.8 Å². The van der Waals surface area contributed by atoms with Gasteiger partial charge in [-0.2, -0.15) is 0 Å². The van der Waals surface area contributed by atoms with Gasteiger partial charge in [0.05, 0.1) is 6.42 Å². The lowest BCUT2D eigenvalue weighted by molar-refractivity contribution is -0.137. The maximum absolute atomic E-state index is 12.2. The minimum atomic E-state index is -0.871. The standard InChI is InChI=1S/C26H31NO4S/c1-17-7-9-18(10-8-17)22-16-27(14-12-24(28)29)13-11-20(22)21-15-23(32-25(21)26(30)31)19-5-3-2-4-6-19/h2-6,15,17-18H,7-14,16H2,1H3,(H,28,29)(H,30,31). The summed E-state index contributed by atoms with van der Waals surface area (Å²) < 4.78 is 0. The van der Waals surface area contributed by atoms with Crippen molar-refractivity contribution in [3.8, 4) is 10.4 Å². The number of nitrogens with zero attached hydrogens (tertiary/aromatic N) is 1. The van der Waals surface area contributed by atoms with E-state index in [1.165, 1.54) is 35.3 Å². The Morgan fingerprint density at radius 2 is 1.81 bits per heavy atom. The molecule has 0 saturated heterocycles. The second-order valence-electron chi connectivity index (χ2n) is 9.16. The van der Waals surface area contributed by atoms with Crippen LogP contribution in [0.25, 0.3) is 16.0 Å². The molecule has 5 nitrogen and oxygen atoms in total. The van der Waals surface area contributed by atoms with Gasteiger partial charge in [0.1, 0.15) is 4.88 Å². The molecule has 1 aliphatic carbocycles. The van der Waals surface area contributed by atoms with E-state index in [2.05, 4.69) is 17.9 Å². The highest BCUT2D eigenvalue weighted by Crippen LogP contribution is 2.43. The van der Waals surface area contributed by atoms with Crippen molar-refractivity contribution in [1.29, 1.82) is 0 Å². The van der Waals surface area contributed by atoms with Crippen LogP contribution in [-0.4, -0.2) is 46.7 Å². The first kappa shape index (κ1) is 22.7. The quantitative estimate of drug-likeness (QED) is 0.548. The van der Waals surface area contributed by atoms with E-state index in [0.29, 0.717) is 17.3 Å². The highest BCUT2D eigenvalue weighted by atomic mass is 32.1. The molecule has 1 saturated carbocycles. The van der Waals surface area contributed by atoms with Crippen molar-refractivity contribution in [1.82, 2.24) is 4.90 Å². The van der Waals surface area contributed by atoms with Crippen LogP contribution in [0.3, 0.4) is 0 Å². The number of carboxylic acids is 2. The van der Waals surface area contributed by atoms with Crippen LogP contribution < -0.4 is 0 Å². The summed E-state index contributed by atoms with van der Waals surface area (Å²) in [6.07, 6.45) is 5.56. The zero-order valence-corrected chi connectivity index (χ0v) is 19.4. The van der Waals surface area contributed by atoms with E-state index in [1.54, 1.807) is 0 Å². The number of carbonyl (C=O) groups is 2. The van der Waals surface area contributed by atoms with E-state index in [4.69, 9.17) is 5.11 Å². The Morgan fingerprint density at radius 3 is 2.47 bits per heavy atom. The van der Waals surface area contributed by atoms with Gasteiger partial charge < -0.3 is 10.2 Å². The van der Waals surface area contributed by atoms with E-state index in [0.717, 1.165) is 54.3 Å². The molecule has 0 radical (unpaired) electrons. The van der Waals surface area contributed by atoms with Gasteiger partial charge in [0.15, 0.2) is 0 Å². The molecule has 0 unspecified atom stereocenters. The van der Waals surface area contributed by atoms with Crippen LogP contribution in [0.15, 0.2) is 42.0 Å². The number of aliphatic carboxylic acids is 1. The number of aromatic carboxylic acids is 1. The number of thiophene rings is 1. The van der Waals surface area contributed by atoms with Crippen LogP contribution in [0.4, 0.5) is 0 Å². The summed E-state index contributed by atoms with van der Waals surface area (Å²) in [6, 6.07) is 12.0.